The number of nitrogens with zero attached hydrogens (tertiary/aromatic N) is 2. The standard InChI is InChI=1S/C20H24ClF3N2O2/c1-18(2,3)13-9-7-12(8-10-13)16(20(22,23)24)28-14-11-25-26(19(4,5)6)17(27)15(14)21/h7-11,16H,1-6H3. The predicted molar refractivity (Wildman–Crippen MR) is 103 cm³/mol. The van der Waals surface area contributed by atoms with Crippen LogP contribution in [0.5, 0.6) is 5.75 Å². The summed E-state index contributed by atoms with van der Waals surface area (Å²) in [6, 6.07) is 6.01. The van der Waals surface area contributed by atoms with E-state index in [0.717, 1.165) is 16.4 Å². The van der Waals surface area contributed by atoms with E-state index in [0.29, 0.717) is 0 Å². The van der Waals surface area contributed by atoms with Crippen LogP contribution in [0.4, 0.5) is 13.2 Å². The molecule has 154 valence electrons. The van der Waals surface area contributed by atoms with Crippen molar-refractivity contribution in [1.29, 1.82) is 0 Å². The van der Waals surface area contributed by atoms with Crippen LogP contribution in [0.15, 0.2) is 35.3 Å². The highest BCUT2D eigenvalue weighted by molar-refractivity contribution is 6.31. The second-order valence-electron chi connectivity index (χ2n) is 8.62. The third-order valence-corrected chi connectivity index (χ3v) is 4.49. The lowest BCUT2D eigenvalue weighted by Crippen LogP contribution is -2.36. The molecule has 0 amide bonds. The molecule has 1 aromatic heterocycles. The molecule has 1 unspecified atom stereocenters. The molecule has 4 nitrogen and oxygen atoms in total. The first kappa shape index (κ1) is 22.3. The molecule has 0 aliphatic heterocycles. The zero-order valence-electron chi connectivity index (χ0n) is 16.7. The minimum absolute atomic E-state index is 0.0865. The lowest BCUT2D eigenvalue weighted by atomic mass is 9.86. The van der Waals surface area contributed by atoms with Gasteiger partial charge in [-0.2, -0.15) is 18.3 Å². The Morgan fingerprint density at radius 1 is 1.04 bits per heavy atom. The molecule has 8 heteroatoms. The summed E-state index contributed by atoms with van der Waals surface area (Å²) in [6.45, 7) is 11.1. The average Bonchev–Trinajstić information content (AvgIpc) is 2.53. The predicted octanol–water partition coefficient (Wildman–Crippen LogP) is 5.63. The van der Waals surface area contributed by atoms with Crippen LogP contribution in [0.1, 0.15) is 58.8 Å². The summed E-state index contributed by atoms with van der Waals surface area (Å²) in [7, 11) is 0. The molecule has 0 N–H and O–H groups in total. The average molecular weight is 417 g/mol. The van der Waals surface area contributed by atoms with Crippen molar-refractivity contribution in [2.75, 3.05) is 0 Å². The molecule has 0 spiro atoms. The minimum Gasteiger partial charge on any atom is -0.473 e. The molecule has 2 rings (SSSR count). The van der Waals surface area contributed by atoms with Gasteiger partial charge in [0.25, 0.3) is 5.56 Å². The molecule has 0 saturated heterocycles. The summed E-state index contributed by atoms with van der Waals surface area (Å²) in [5.74, 6) is -0.408. The molecule has 0 radical (unpaired) electrons. The SMILES string of the molecule is CC(C)(C)c1ccc(C(Oc2cnn(C(C)(C)C)c(=O)c2Cl)C(F)(F)F)cc1. The normalized spacial score (nSPS) is 14.1. The van der Waals surface area contributed by atoms with Gasteiger partial charge in [-0.05, 0) is 31.7 Å². The number of hydrogen-bond donors (Lipinski definition) is 0. The van der Waals surface area contributed by atoms with E-state index in [9.17, 15) is 18.0 Å². The summed E-state index contributed by atoms with van der Waals surface area (Å²) in [6.07, 6.45) is -5.94. The Bertz CT molecular complexity index is 892. The first-order chi connectivity index (χ1) is 12.6. The molecular formula is C20H24ClF3N2O2. The van der Waals surface area contributed by atoms with Crippen LogP contribution in [0.3, 0.4) is 0 Å². The van der Waals surface area contributed by atoms with E-state index in [1.54, 1.807) is 32.9 Å². The first-order valence-corrected chi connectivity index (χ1v) is 9.12. The molecule has 1 heterocycles. The second-order valence-corrected chi connectivity index (χ2v) is 9.00. The number of alkyl halides is 3. The molecule has 0 aliphatic rings. The summed E-state index contributed by atoms with van der Waals surface area (Å²) in [5, 5.41) is 3.47. The molecule has 0 fully saturated rings. The van der Waals surface area contributed by atoms with E-state index in [1.807, 2.05) is 20.8 Å². The Balaban J connectivity index is 2.45. The van der Waals surface area contributed by atoms with Gasteiger partial charge in [0.2, 0.25) is 6.10 Å². The molecule has 2 aromatic rings. The van der Waals surface area contributed by atoms with Crippen molar-refractivity contribution in [2.24, 2.45) is 0 Å². The Labute approximate surface area is 167 Å². The largest absolute Gasteiger partial charge is 0.473 e. The van der Waals surface area contributed by atoms with Gasteiger partial charge in [-0.15, -0.1) is 0 Å². The minimum atomic E-state index is -4.70. The van der Waals surface area contributed by atoms with Crippen LogP contribution in [-0.2, 0) is 11.0 Å². The van der Waals surface area contributed by atoms with Gasteiger partial charge in [0.05, 0.1) is 11.7 Å². The van der Waals surface area contributed by atoms with Crippen molar-refractivity contribution < 1.29 is 17.9 Å². The van der Waals surface area contributed by atoms with Crippen molar-refractivity contribution in [1.82, 2.24) is 9.78 Å². The second kappa shape index (κ2) is 7.43. The fourth-order valence-corrected chi connectivity index (χ4v) is 2.76. The molecule has 0 saturated carbocycles. The highest BCUT2D eigenvalue weighted by atomic mass is 35.5. The number of halogens is 4. The number of ether oxygens (including phenoxy) is 1. The van der Waals surface area contributed by atoms with E-state index in [1.165, 1.54) is 12.1 Å². The quantitative estimate of drug-likeness (QED) is 0.651. The molecule has 28 heavy (non-hydrogen) atoms. The van der Waals surface area contributed by atoms with Crippen molar-refractivity contribution in [2.45, 2.75) is 64.8 Å². The van der Waals surface area contributed by atoms with Crippen molar-refractivity contribution in [3.8, 4) is 5.75 Å². The number of aromatic nitrogens is 2. The Morgan fingerprint density at radius 2 is 1.57 bits per heavy atom. The highest BCUT2D eigenvalue weighted by Gasteiger charge is 2.43. The number of hydrogen-bond acceptors (Lipinski definition) is 3. The first-order valence-electron chi connectivity index (χ1n) is 8.74. The van der Waals surface area contributed by atoms with E-state index < -0.39 is 34.2 Å². The Kier molecular flexibility index (Phi) is 5.91. The Morgan fingerprint density at radius 3 is 2.00 bits per heavy atom. The van der Waals surface area contributed by atoms with Crippen LogP contribution in [0.25, 0.3) is 0 Å². The van der Waals surface area contributed by atoms with Crippen molar-refractivity contribution in [3.63, 3.8) is 0 Å². The van der Waals surface area contributed by atoms with E-state index >= 15 is 0 Å². The molecule has 1 aromatic carbocycles. The van der Waals surface area contributed by atoms with Gasteiger partial charge in [-0.1, -0.05) is 56.6 Å². The van der Waals surface area contributed by atoms with Gasteiger partial charge in [0.15, 0.2) is 10.8 Å². The van der Waals surface area contributed by atoms with Crippen molar-refractivity contribution >= 4 is 11.6 Å². The van der Waals surface area contributed by atoms with E-state index in [4.69, 9.17) is 16.3 Å². The number of rotatable bonds is 3. The van der Waals surface area contributed by atoms with Crippen LogP contribution in [0.2, 0.25) is 5.02 Å². The Hall–Kier alpha value is -2.02. The van der Waals surface area contributed by atoms with Gasteiger partial charge in [0, 0.05) is 5.56 Å². The van der Waals surface area contributed by atoms with E-state index in [2.05, 4.69) is 5.10 Å². The fourth-order valence-electron chi connectivity index (χ4n) is 2.59. The lowest BCUT2D eigenvalue weighted by molar-refractivity contribution is -0.198. The zero-order chi connectivity index (χ0) is 21.5. The molecular weight excluding hydrogens is 393 g/mol. The monoisotopic (exact) mass is 416 g/mol. The van der Waals surface area contributed by atoms with Gasteiger partial charge in [-0.25, -0.2) is 4.68 Å². The lowest BCUT2D eigenvalue weighted by Gasteiger charge is -2.25. The maximum absolute atomic E-state index is 13.7. The van der Waals surface area contributed by atoms with Crippen LogP contribution < -0.4 is 10.3 Å². The zero-order valence-corrected chi connectivity index (χ0v) is 17.4. The van der Waals surface area contributed by atoms with Gasteiger partial charge < -0.3 is 4.74 Å². The molecule has 1 atom stereocenters. The van der Waals surface area contributed by atoms with Gasteiger partial charge >= 0.3 is 6.18 Å². The van der Waals surface area contributed by atoms with Crippen LogP contribution in [-0.4, -0.2) is 16.0 Å². The van der Waals surface area contributed by atoms with E-state index in [-0.39, 0.29) is 11.0 Å². The van der Waals surface area contributed by atoms with Gasteiger partial charge in [-0.3, -0.25) is 4.79 Å². The topological polar surface area (TPSA) is 44.1 Å². The third-order valence-electron chi connectivity index (χ3n) is 4.14. The molecule has 0 aliphatic carbocycles. The summed E-state index contributed by atoms with van der Waals surface area (Å²) >= 11 is 6.01. The van der Waals surface area contributed by atoms with Crippen LogP contribution in [0, 0.1) is 0 Å². The fraction of sp³-hybridized carbons (Fsp3) is 0.500. The maximum Gasteiger partial charge on any atom is 0.429 e. The number of benzene rings is 1. The molecule has 0 bridgehead atoms. The van der Waals surface area contributed by atoms with Gasteiger partial charge in [0.1, 0.15) is 0 Å². The van der Waals surface area contributed by atoms with Crippen molar-refractivity contribution in [3.05, 3.63) is 57.0 Å². The smallest absolute Gasteiger partial charge is 0.429 e. The third kappa shape index (κ3) is 4.87. The highest BCUT2D eigenvalue weighted by Crippen LogP contribution is 2.38. The maximum atomic E-state index is 13.7. The summed E-state index contributed by atoms with van der Waals surface area (Å²) in [4.78, 5) is 12.4. The van der Waals surface area contributed by atoms with Crippen LogP contribution >= 0.6 is 11.6 Å². The summed E-state index contributed by atoms with van der Waals surface area (Å²) < 4.78 is 47.2. The summed E-state index contributed by atoms with van der Waals surface area (Å²) in [5.41, 5.74) is -0.777.